The van der Waals surface area contributed by atoms with E-state index in [9.17, 15) is 4.79 Å². The van der Waals surface area contributed by atoms with Gasteiger partial charge in [-0.1, -0.05) is 30.3 Å². The standard InChI is InChI=1S/C28H32O6/c1-3-30-27(28(29)31-4-2)21-22-11-13-23(14-12-22)32-19-8-20-33-24-15-17-26(18-16-24)34-25-9-6-5-7-10-25/h5-7,9-18,27H,3-4,8,19-21H2,1-2H3. The Hall–Kier alpha value is -3.51. The number of ether oxygens (including phenoxy) is 5. The largest absolute Gasteiger partial charge is 0.493 e. The lowest BCUT2D eigenvalue weighted by Gasteiger charge is -2.16. The molecule has 0 aliphatic rings. The predicted molar refractivity (Wildman–Crippen MR) is 131 cm³/mol. The van der Waals surface area contributed by atoms with Gasteiger partial charge in [0.15, 0.2) is 6.10 Å². The van der Waals surface area contributed by atoms with Crippen LogP contribution < -0.4 is 14.2 Å². The van der Waals surface area contributed by atoms with Gasteiger partial charge in [0.25, 0.3) is 0 Å². The Labute approximate surface area is 201 Å². The maximum atomic E-state index is 12.0. The second-order valence-electron chi connectivity index (χ2n) is 7.48. The van der Waals surface area contributed by atoms with E-state index in [1.165, 1.54) is 0 Å². The minimum Gasteiger partial charge on any atom is -0.493 e. The Morgan fingerprint density at radius 2 is 1.26 bits per heavy atom. The van der Waals surface area contributed by atoms with Crippen LogP contribution in [0.2, 0.25) is 0 Å². The van der Waals surface area contributed by atoms with Crippen molar-refractivity contribution in [1.82, 2.24) is 0 Å². The number of benzene rings is 3. The number of hydrogen-bond acceptors (Lipinski definition) is 6. The molecule has 0 aliphatic heterocycles. The molecule has 0 saturated heterocycles. The highest BCUT2D eigenvalue weighted by Gasteiger charge is 2.20. The average molecular weight is 465 g/mol. The second kappa shape index (κ2) is 13.9. The SMILES string of the molecule is CCOC(=O)C(Cc1ccc(OCCCOc2ccc(Oc3ccccc3)cc2)cc1)OCC. The van der Waals surface area contributed by atoms with Crippen molar-refractivity contribution in [2.24, 2.45) is 0 Å². The molecule has 0 heterocycles. The van der Waals surface area contributed by atoms with Crippen molar-refractivity contribution >= 4 is 5.97 Å². The van der Waals surface area contributed by atoms with Gasteiger partial charge >= 0.3 is 5.97 Å². The minimum atomic E-state index is -0.590. The van der Waals surface area contributed by atoms with E-state index in [0.717, 1.165) is 35.0 Å². The van der Waals surface area contributed by atoms with E-state index in [0.29, 0.717) is 32.8 Å². The van der Waals surface area contributed by atoms with Gasteiger partial charge in [0.1, 0.15) is 23.0 Å². The fourth-order valence-electron chi connectivity index (χ4n) is 3.25. The zero-order valence-electron chi connectivity index (χ0n) is 19.8. The van der Waals surface area contributed by atoms with Crippen LogP contribution in [-0.4, -0.2) is 38.5 Å². The predicted octanol–water partition coefficient (Wildman–Crippen LogP) is 5.84. The molecular formula is C28H32O6. The normalized spacial score (nSPS) is 11.5. The fraction of sp³-hybridized carbons (Fsp3) is 0.321. The van der Waals surface area contributed by atoms with E-state index in [1.807, 2.05) is 85.8 Å². The number of rotatable bonds is 14. The first-order chi connectivity index (χ1) is 16.7. The van der Waals surface area contributed by atoms with E-state index in [2.05, 4.69) is 0 Å². The van der Waals surface area contributed by atoms with Crippen LogP contribution in [0.4, 0.5) is 0 Å². The maximum Gasteiger partial charge on any atom is 0.335 e. The molecule has 0 aromatic heterocycles. The van der Waals surface area contributed by atoms with Gasteiger partial charge in [-0.25, -0.2) is 4.79 Å². The fourth-order valence-corrected chi connectivity index (χ4v) is 3.25. The summed E-state index contributed by atoms with van der Waals surface area (Å²) in [4.78, 5) is 12.0. The van der Waals surface area contributed by atoms with E-state index in [1.54, 1.807) is 6.92 Å². The van der Waals surface area contributed by atoms with Crippen LogP contribution >= 0.6 is 0 Å². The van der Waals surface area contributed by atoms with Gasteiger partial charge in [-0.2, -0.15) is 0 Å². The quantitative estimate of drug-likeness (QED) is 0.221. The van der Waals surface area contributed by atoms with Gasteiger partial charge < -0.3 is 23.7 Å². The molecule has 0 N–H and O–H groups in total. The number of carbonyl (C=O) groups excluding carboxylic acids is 1. The number of esters is 1. The molecule has 3 aromatic rings. The monoisotopic (exact) mass is 464 g/mol. The van der Waals surface area contributed by atoms with Crippen LogP contribution in [0.3, 0.4) is 0 Å². The van der Waals surface area contributed by atoms with Crippen LogP contribution in [0.15, 0.2) is 78.9 Å². The van der Waals surface area contributed by atoms with Gasteiger partial charge in [-0.15, -0.1) is 0 Å². The topological polar surface area (TPSA) is 63.2 Å². The first kappa shape index (κ1) is 25.1. The summed E-state index contributed by atoms with van der Waals surface area (Å²) in [6.07, 6.45) is 0.628. The Morgan fingerprint density at radius 3 is 1.85 bits per heavy atom. The summed E-state index contributed by atoms with van der Waals surface area (Å²) < 4.78 is 28.0. The van der Waals surface area contributed by atoms with E-state index < -0.39 is 6.10 Å². The molecule has 0 amide bonds. The van der Waals surface area contributed by atoms with Crippen molar-refractivity contribution in [3.63, 3.8) is 0 Å². The third-order valence-corrected chi connectivity index (χ3v) is 4.89. The smallest absolute Gasteiger partial charge is 0.335 e. The first-order valence-corrected chi connectivity index (χ1v) is 11.6. The van der Waals surface area contributed by atoms with Crippen molar-refractivity contribution in [2.45, 2.75) is 32.8 Å². The molecule has 1 atom stereocenters. The van der Waals surface area contributed by atoms with Crippen LogP contribution in [0.1, 0.15) is 25.8 Å². The molecular weight excluding hydrogens is 432 g/mol. The number of carbonyl (C=O) groups is 1. The van der Waals surface area contributed by atoms with Gasteiger partial charge in [0, 0.05) is 19.4 Å². The van der Waals surface area contributed by atoms with Crippen LogP contribution in [0.25, 0.3) is 0 Å². The van der Waals surface area contributed by atoms with Crippen LogP contribution in [-0.2, 0) is 20.7 Å². The molecule has 0 saturated carbocycles. The van der Waals surface area contributed by atoms with Crippen molar-refractivity contribution in [3.8, 4) is 23.0 Å². The average Bonchev–Trinajstić information content (AvgIpc) is 2.86. The molecule has 0 aliphatic carbocycles. The minimum absolute atomic E-state index is 0.331. The lowest BCUT2D eigenvalue weighted by molar-refractivity contribution is -0.156. The molecule has 34 heavy (non-hydrogen) atoms. The van der Waals surface area contributed by atoms with Crippen molar-refractivity contribution < 1.29 is 28.5 Å². The van der Waals surface area contributed by atoms with E-state index in [-0.39, 0.29) is 5.97 Å². The summed E-state index contributed by atoms with van der Waals surface area (Å²) >= 11 is 0. The van der Waals surface area contributed by atoms with E-state index in [4.69, 9.17) is 23.7 Å². The summed E-state index contributed by atoms with van der Waals surface area (Å²) in [6, 6.07) is 24.9. The summed E-state index contributed by atoms with van der Waals surface area (Å²) in [5.74, 6) is 2.79. The highest BCUT2D eigenvalue weighted by molar-refractivity contribution is 5.75. The molecule has 0 spiro atoms. The van der Waals surface area contributed by atoms with Gasteiger partial charge in [-0.3, -0.25) is 0 Å². The Kier molecular flexibility index (Phi) is 10.3. The molecule has 3 rings (SSSR count). The summed E-state index contributed by atoms with van der Waals surface area (Å²) in [7, 11) is 0. The molecule has 0 bridgehead atoms. The summed E-state index contributed by atoms with van der Waals surface area (Å²) in [6.45, 7) is 5.54. The highest BCUT2D eigenvalue weighted by atomic mass is 16.6. The van der Waals surface area contributed by atoms with Gasteiger partial charge in [0.2, 0.25) is 0 Å². The maximum absolute atomic E-state index is 12.0. The zero-order chi connectivity index (χ0) is 24.0. The Bertz CT molecular complexity index is 970. The lowest BCUT2D eigenvalue weighted by Crippen LogP contribution is -2.28. The van der Waals surface area contributed by atoms with Crippen molar-refractivity contribution in [3.05, 3.63) is 84.4 Å². The van der Waals surface area contributed by atoms with E-state index >= 15 is 0 Å². The van der Waals surface area contributed by atoms with Crippen molar-refractivity contribution in [2.75, 3.05) is 26.4 Å². The number of hydrogen-bond donors (Lipinski definition) is 0. The van der Waals surface area contributed by atoms with Crippen LogP contribution in [0, 0.1) is 0 Å². The lowest BCUT2D eigenvalue weighted by atomic mass is 10.1. The molecule has 3 aromatic carbocycles. The Balaban J connectivity index is 1.36. The summed E-state index contributed by atoms with van der Waals surface area (Å²) in [5, 5.41) is 0. The molecule has 0 radical (unpaired) electrons. The van der Waals surface area contributed by atoms with Gasteiger partial charge in [-0.05, 0) is 67.9 Å². The summed E-state index contributed by atoms with van der Waals surface area (Å²) in [5.41, 5.74) is 0.988. The number of para-hydroxylation sites is 1. The molecule has 0 fully saturated rings. The molecule has 180 valence electrons. The van der Waals surface area contributed by atoms with Crippen molar-refractivity contribution in [1.29, 1.82) is 0 Å². The first-order valence-electron chi connectivity index (χ1n) is 11.6. The Morgan fingerprint density at radius 1 is 0.706 bits per heavy atom. The second-order valence-corrected chi connectivity index (χ2v) is 7.48. The highest BCUT2D eigenvalue weighted by Crippen LogP contribution is 2.23. The third-order valence-electron chi connectivity index (χ3n) is 4.89. The van der Waals surface area contributed by atoms with Gasteiger partial charge in [0.05, 0.1) is 19.8 Å². The molecule has 6 nitrogen and oxygen atoms in total. The van der Waals surface area contributed by atoms with Crippen LogP contribution in [0.5, 0.6) is 23.0 Å². The zero-order valence-corrected chi connectivity index (χ0v) is 19.8. The third kappa shape index (κ3) is 8.45. The molecule has 6 heteroatoms. The molecule has 1 unspecified atom stereocenters.